The van der Waals surface area contributed by atoms with Crippen LogP contribution in [-0.2, 0) is 0 Å². The van der Waals surface area contributed by atoms with Gasteiger partial charge in [-0.15, -0.1) is 0 Å². The topological polar surface area (TPSA) is 43.8 Å². The third-order valence-corrected chi connectivity index (χ3v) is 3.49. The van der Waals surface area contributed by atoms with Crippen LogP contribution in [0.4, 0.5) is 0 Å². The zero-order valence-electron chi connectivity index (χ0n) is 11.3. The Balaban J connectivity index is 2.31. The normalized spacial score (nSPS) is 14.4. The van der Waals surface area contributed by atoms with Gasteiger partial charge in [0, 0.05) is 12.2 Å². The summed E-state index contributed by atoms with van der Waals surface area (Å²) in [6.07, 6.45) is 4.67. The Hall–Kier alpha value is -1.61. The first-order valence-electron chi connectivity index (χ1n) is 6.47. The van der Waals surface area contributed by atoms with Crippen LogP contribution in [0.25, 0.3) is 0 Å². The summed E-state index contributed by atoms with van der Waals surface area (Å²) in [4.78, 5) is 4.24. The van der Waals surface area contributed by atoms with Crippen molar-refractivity contribution in [2.24, 2.45) is 5.73 Å². The monoisotopic (exact) mass is 243 g/mol. The largest absolute Gasteiger partial charge is 0.326 e. The molecule has 0 aliphatic rings. The molecule has 0 saturated heterocycles. The number of aromatic nitrogens is 2. The smallest absolute Gasteiger partial charge is 0.0954 e. The van der Waals surface area contributed by atoms with E-state index < -0.39 is 0 Å². The Morgan fingerprint density at radius 3 is 2.56 bits per heavy atom. The van der Waals surface area contributed by atoms with Gasteiger partial charge in [-0.3, -0.25) is 0 Å². The number of nitrogens with zero attached hydrogens (tertiary/aromatic N) is 2. The maximum atomic E-state index is 6.12. The molecule has 0 amide bonds. The lowest BCUT2D eigenvalue weighted by atomic mass is 10.1. The van der Waals surface area contributed by atoms with Gasteiger partial charge in [-0.05, 0) is 25.8 Å². The highest BCUT2D eigenvalue weighted by Crippen LogP contribution is 2.23. The van der Waals surface area contributed by atoms with Crippen LogP contribution in [-0.4, -0.2) is 9.55 Å². The van der Waals surface area contributed by atoms with Crippen LogP contribution in [0, 0.1) is 6.92 Å². The molecular weight excluding hydrogens is 222 g/mol. The summed E-state index contributed by atoms with van der Waals surface area (Å²) < 4.78 is 2.17. The molecule has 0 fully saturated rings. The summed E-state index contributed by atoms with van der Waals surface area (Å²) in [7, 11) is 0. The number of hydrogen-bond donors (Lipinski definition) is 1. The lowest BCUT2D eigenvalue weighted by Crippen LogP contribution is -2.17. The molecule has 3 nitrogen and oxygen atoms in total. The molecule has 0 aliphatic carbocycles. The minimum absolute atomic E-state index is 0.0559. The summed E-state index contributed by atoms with van der Waals surface area (Å²) in [6.45, 7) is 6.38. The molecule has 1 aromatic heterocycles. The van der Waals surface area contributed by atoms with Gasteiger partial charge in [0.2, 0.25) is 0 Å². The minimum Gasteiger partial charge on any atom is -0.326 e. The molecule has 3 heteroatoms. The van der Waals surface area contributed by atoms with Crippen LogP contribution in [0.2, 0.25) is 0 Å². The Labute approximate surface area is 109 Å². The van der Waals surface area contributed by atoms with Crippen LogP contribution < -0.4 is 5.73 Å². The number of rotatable bonds is 4. The van der Waals surface area contributed by atoms with Gasteiger partial charge in [0.1, 0.15) is 0 Å². The van der Waals surface area contributed by atoms with Crippen molar-refractivity contribution >= 4 is 0 Å². The van der Waals surface area contributed by atoms with Gasteiger partial charge in [0.05, 0.1) is 18.1 Å². The Morgan fingerprint density at radius 1 is 1.28 bits per heavy atom. The van der Waals surface area contributed by atoms with Crippen molar-refractivity contribution in [1.82, 2.24) is 9.55 Å². The summed E-state index contributed by atoms with van der Waals surface area (Å²) in [5.74, 6) is 0. The number of hydrogen-bond acceptors (Lipinski definition) is 2. The lowest BCUT2D eigenvalue weighted by Gasteiger charge is -2.20. The van der Waals surface area contributed by atoms with Crippen molar-refractivity contribution in [2.45, 2.75) is 39.3 Å². The lowest BCUT2D eigenvalue weighted by molar-refractivity contribution is 0.558. The summed E-state index contributed by atoms with van der Waals surface area (Å²) in [5.41, 5.74) is 9.78. The maximum Gasteiger partial charge on any atom is 0.0954 e. The van der Waals surface area contributed by atoms with Crippen LogP contribution in [0.5, 0.6) is 0 Å². The number of imidazole rings is 1. The highest BCUT2D eigenvalue weighted by Gasteiger charge is 2.15. The molecule has 0 bridgehead atoms. The molecule has 2 rings (SSSR count). The SMILES string of the molecule is CC[C@@H](N)c1cncn1C(C)c1ccc(C)cc1. The van der Waals surface area contributed by atoms with Gasteiger partial charge in [0.25, 0.3) is 0 Å². The van der Waals surface area contributed by atoms with Gasteiger partial charge in [-0.25, -0.2) is 4.98 Å². The van der Waals surface area contributed by atoms with Crippen molar-refractivity contribution in [3.05, 3.63) is 53.6 Å². The molecule has 0 aliphatic heterocycles. The molecule has 0 spiro atoms. The fraction of sp³-hybridized carbons (Fsp3) is 0.400. The molecule has 18 heavy (non-hydrogen) atoms. The Morgan fingerprint density at radius 2 is 1.94 bits per heavy atom. The highest BCUT2D eigenvalue weighted by atomic mass is 15.1. The first-order chi connectivity index (χ1) is 8.63. The molecule has 0 radical (unpaired) electrons. The van der Waals surface area contributed by atoms with Gasteiger partial charge in [0.15, 0.2) is 0 Å². The first kappa shape index (κ1) is 12.8. The second-order valence-electron chi connectivity index (χ2n) is 4.83. The van der Waals surface area contributed by atoms with E-state index in [0.717, 1.165) is 12.1 Å². The summed E-state index contributed by atoms with van der Waals surface area (Å²) in [5, 5.41) is 0. The molecule has 1 unspecified atom stereocenters. The van der Waals surface area contributed by atoms with E-state index in [2.05, 4.69) is 54.6 Å². The predicted octanol–water partition coefficient (Wildman–Crippen LogP) is 3.21. The number of aryl methyl sites for hydroxylation is 1. The van der Waals surface area contributed by atoms with Gasteiger partial charge >= 0.3 is 0 Å². The zero-order chi connectivity index (χ0) is 13.1. The third-order valence-electron chi connectivity index (χ3n) is 3.49. The van der Waals surface area contributed by atoms with E-state index in [0.29, 0.717) is 0 Å². The van der Waals surface area contributed by atoms with Crippen molar-refractivity contribution in [3.63, 3.8) is 0 Å². The van der Waals surface area contributed by atoms with Crippen molar-refractivity contribution in [3.8, 4) is 0 Å². The van der Waals surface area contributed by atoms with E-state index in [1.807, 2.05) is 12.5 Å². The van der Waals surface area contributed by atoms with E-state index >= 15 is 0 Å². The molecule has 2 atom stereocenters. The van der Waals surface area contributed by atoms with Gasteiger partial charge in [-0.2, -0.15) is 0 Å². The van der Waals surface area contributed by atoms with Crippen LogP contribution in [0.1, 0.15) is 49.2 Å². The van der Waals surface area contributed by atoms with Crippen molar-refractivity contribution in [2.75, 3.05) is 0 Å². The second-order valence-corrected chi connectivity index (χ2v) is 4.83. The fourth-order valence-electron chi connectivity index (χ4n) is 2.14. The average Bonchev–Trinajstić information content (AvgIpc) is 2.87. The quantitative estimate of drug-likeness (QED) is 0.896. The highest BCUT2D eigenvalue weighted by molar-refractivity contribution is 5.25. The number of nitrogens with two attached hydrogens (primary N) is 1. The molecule has 1 heterocycles. The predicted molar refractivity (Wildman–Crippen MR) is 74.4 cm³/mol. The zero-order valence-corrected chi connectivity index (χ0v) is 11.3. The molecule has 0 saturated carbocycles. The number of benzene rings is 1. The van der Waals surface area contributed by atoms with Gasteiger partial charge in [-0.1, -0.05) is 36.8 Å². The summed E-state index contributed by atoms with van der Waals surface area (Å²) in [6, 6.07) is 8.94. The van der Waals surface area contributed by atoms with E-state index in [1.165, 1.54) is 11.1 Å². The third kappa shape index (κ3) is 2.46. The van der Waals surface area contributed by atoms with E-state index in [-0.39, 0.29) is 12.1 Å². The molecule has 2 aromatic rings. The first-order valence-corrected chi connectivity index (χ1v) is 6.47. The van der Waals surface area contributed by atoms with Crippen LogP contribution in [0.15, 0.2) is 36.8 Å². The maximum absolute atomic E-state index is 6.12. The molecule has 1 aromatic carbocycles. The Kier molecular flexibility index (Phi) is 3.82. The van der Waals surface area contributed by atoms with Crippen LogP contribution in [0.3, 0.4) is 0 Å². The minimum atomic E-state index is 0.0559. The fourth-order valence-corrected chi connectivity index (χ4v) is 2.14. The molecule has 96 valence electrons. The van der Waals surface area contributed by atoms with Gasteiger partial charge < -0.3 is 10.3 Å². The summed E-state index contributed by atoms with van der Waals surface area (Å²) >= 11 is 0. The molecular formula is C15H21N3. The molecule has 2 N–H and O–H groups in total. The van der Waals surface area contributed by atoms with Crippen LogP contribution >= 0.6 is 0 Å². The van der Waals surface area contributed by atoms with E-state index in [4.69, 9.17) is 5.73 Å². The van der Waals surface area contributed by atoms with Crippen molar-refractivity contribution < 1.29 is 0 Å². The standard InChI is InChI=1S/C15H21N3/c1-4-14(16)15-9-17-10-18(15)12(3)13-7-5-11(2)6-8-13/h5-10,12,14H,4,16H2,1-3H3/t12?,14-/m1/s1. The average molecular weight is 243 g/mol. The second kappa shape index (κ2) is 5.36. The van der Waals surface area contributed by atoms with E-state index in [9.17, 15) is 0 Å². The van der Waals surface area contributed by atoms with Crippen molar-refractivity contribution in [1.29, 1.82) is 0 Å². The Bertz CT molecular complexity index is 499. The van der Waals surface area contributed by atoms with E-state index in [1.54, 1.807) is 0 Å².